The lowest BCUT2D eigenvalue weighted by Gasteiger charge is -2.29. The van der Waals surface area contributed by atoms with E-state index in [1.165, 1.54) is 6.92 Å². The standard InChI is InChI=1S/C33H44N4O8/c1-18(2)27(37-32(42)44-16-25-23-14-10-8-12-21(23)22-13-9-11-15-24(22)25)30(40)35-19(3)31(41)43-17-26(38)36-28(29(34)39)20(4)45-33(5,6)7/h8-15,18-20,25,27-28H,16-17H2,1-7H3,(H2,34,39)(H,35,40)(H,36,38)(H,37,42)/t19-,20+,27-,28-/m0/s1. The van der Waals surface area contributed by atoms with Crippen LogP contribution < -0.4 is 21.7 Å². The Morgan fingerprint density at radius 2 is 1.36 bits per heavy atom. The number of alkyl carbamates (subject to hydrolysis) is 1. The van der Waals surface area contributed by atoms with Gasteiger partial charge in [-0.3, -0.25) is 14.4 Å². The Morgan fingerprint density at radius 3 is 1.87 bits per heavy atom. The van der Waals surface area contributed by atoms with E-state index in [4.69, 9.17) is 19.9 Å². The minimum atomic E-state index is -1.15. The van der Waals surface area contributed by atoms with Crippen molar-refractivity contribution in [3.8, 4) is 11.1 Å². The third-order valence-electron chi connectivity index (χ3n) is 7.26. The van der Waals surface area contributed by atoms with Crippen LogP contribution in [0.4, 0.5) is 4.79 Å². The fraction of sp³-hybridized carbons (Fsp3) is 0.485. The van der Waals surface area contributed by atoms with Crippen LogP contribution in [-0.2, 0) is 33.4 Å². The van der Waals surface area contributed by atoms with E-state index in [0.29, 0.717) is 0 Å². The van der Waals surface area contributed by atoms with Crippen LogP contribution in [-0.4, -0.2) is 72.8 Å². The second-order valence-electron chi connectivity index (χ2n) is 12.4. The maximum Gasteiger partial charge on any atom is 0.407 e. The maximum absolute atomic E-state index is 13.0. The van der Waals surface area contributed by atoms with Gasteiger partial charge in [-0.2, -0.15) is 0 Å². The van der Waals surface area contributed by atoms with Crippen molar-refractivity contribution in [3.63, 3.8) is 0 Å². The Kier molecular flexibility index (Phi) is 11.7. The van der Waals surface area contributed by atoms with Crippen LogP contribution in [0.3, 0.4) is 0 Å². The summed E-state index contributed by atoms with van der Waals surface area (Å²) in [4.78, 5) is 62.6. The number of amides is 4. The summed E-state index contributed by atoms with van der Waals surface area (Å²) >= 11 is 0. The number of nitrogens with two attached hydrogens (primary N) is 1. The first-order valence-corrected chi connectivity index (χ1v) is 14.9. The van der Waals surface area contributed by atoms with Crippen molar-refractivity contribution >= 4 is 29.8 Å². The Bertz CT molecular complexity index is 1360. The topological polar surface area (TPSA) is 175 Å². The molecule has 0 aromatic heterocycles. The van der Waals surface area contributed by atoms with E-state index in [-0.39, 0.29) is 18.4 Å². The Morgan fingerprint density at radius 1 is 0.800 bits per heavy atom. The third kappa shape index (κ3) is 9.52. The SMILES string of the molecule is CC(C)[C@H](NC(=O)OCC1c2ccccc2-c2ccccc21)C(=O)N[C@@H](C)C(=O)OCC(=O)N[C@H](C(N)=O)[C@@H](C)OC(C)(C)C. The number of nitrogens with one attached hydrogen (secondary N) is 3. The van der Waals surface area contributed by atoms with Crippen molar-refractivity contribution in [2.75, 3.05) is 13.2 Å². The predicted octanol–water partition coefficient (Wildman–Crippen LogP) is 2.77. The molecule has 0 spiro atoms. The number of primary amides is 1. The zero-order valence-corrected chi connectivity index (χ0v) is 26.8. The van der Waals surface area contributed by atoms with Gasteiger partial charge in [-0.25, -0.2) is 9.59 Å². The number of carbonyl (C=O) groups excluding carboxylic acids is 5. The van der Waals surface area contributed by atoms with Crippen molar-refractivity contribution in [1.29, 1.82) is 0 Å². The van der Waals surface area contributed by atoms with Gasteiger partial charge in [0, 0.05) is 5.92 Å². The normalized spacial score (nSPS) is 15.1. The Labute approximate surface area is 263 Å². The summed E-state index contributed by atoms with van der Waals surface area (Å²) in [5, 5.41) is 7.51. The Balaban J connectivity index is 1.51. The molecule has 1 aliphatic carbocycles. The summed E-state index contributed by atoms with van der Waals surface area (Å²) < 4.78 is 16.3. The van der Waals surface area contributed by atoms with Crippen molar-refractivity contribution in [2.24, 2.45) is 11.7 Å². The van der Waals surface area contributed by atoms with Crippen LogP contribution in [0.25, 0.3) is 11.1 Å². The number of carbonyl (C=O) groups is 5. The lowest BCUT2D eigenvalue weighted by Crippen LogP contribution is -2.54. The molecule has 0 fully saturated rings. The molecule has 0 radical (unpaired) electrons. The zero-order valence-electron chi connectivity index (χ0n) is 26.8. The van der Waals surface area contributed by atoms with Gasteiger partial charge in [0.05, 0.1) is 11.7 Å². The van der Waals surface area contributed by atoms with Gasteiger partial charge in [0.15, 0.2) is 6.61 Å². The average molecular weight is 625 g/mol. The molecule has 0 bridgehead atoms. The smallest absolute Gasteiger partial charge is 0.407 e. The zero-order chi connectivity index (χ0) is 33.5. The van der Waals surface area contributed by atoms with Crippen LogP contribution >= 0.6 is 0 Å². The minimum Gasteiger partial charge on any atom is -0.454 e. The van der Waals surface area contributed by atoms with Crippen molar-refractivity contribution in [3.05, 3.63) is 59.7 Å². The minimum absolute atomic E-state index is 0.0782. The first-order chi connectivity index (χ1) is 21.1. The van der Waals surface area contributed by atoms with Crippen LogP contribution in [0.5, 0.6) is 0 Å². The molecule has 4 atom stereocenters. The largest absolute Gasteiger partial charge is 0.454 e. The van der Waals surface area contributed by atoms with Crippen molar-refractivity contribution in [1.82, 2.24) is 16.0 Å². The molecule has 4 amide bonds. The molecular formula is C33H44N4O8. The van der Waals surface area contributed by atoms with Gasteiger partial charge in [-0.05, 0) is 62.8 Å². The van der Waals surface area contributed by atoms with E-state index in [1.807, 2.05) is 48.5 Å². The fourth-order valence-corrected chi connectivity index (χ4v) is 5.19. The van der Waals surface area contributed by atoms with Crippen LogP contribution in [0.2, 0.25) is 0 Å². The highest BCUT2D eigenvalue weighted by Gasteiger charge is 2.32. The molecule has 0 heterocycles. The van der Waals surface area contributed by atoms with Crippen molar-refractivity contribution in [2.45, 2.75) is 84.2 Å². The van der Waals surface area contributed by atoms with Gasteiger partial charge >= 0.3 is 12.1 Å². The highest BCUT2D eigenvalue weighted by atomic mass is 16.6. The van der Waals surface area contributed by atoms with E-state index >= 15 is 0 Å². The summed E-state index contributed by atoms with van der Waals surface area (Å²) in [6.07, 6.45) is -1.51. The third-order valence-corrected chi connectivity index (χ3v) is 7.26. The molecule has 0 saturated carbocycles. The molecule has 0 saturated heterocycles. The van der Waals surface area contributed by atoms with Gasteiger partial charge in [-0.15, -0.1) is 0 Å². The van der Waals surface area contributed by atoms with Gasteiger partial charge < -0.3 is 35.9 Å². The molecular weight excluding hydrogens is 580 g/mol. The highest BCUT2D eigenvalue weighted by Crippen LogP contribution is 2.44. The average Bonchev–Trinajstić information content (AvgIpc) is 3.28. The van der Waals surface area contributed by atoms with Crippen LogP contribution in [0, 0.1) is 5.92 Å². The molecule has 45 heavy (non-hydrogen) atoms. The number of benzene rings is 2. The van der Waals surface area contributed by atoms with Gasteiger partial charge in [0.25, 0.3) is 5.91 Å². The summed E-state index contributed by atoms with van der Waals surface area (Å²) in [5.41, 5.74) is 9.13. The van der Waals surface area contributed by atoms with Crippen LogP contribution in [0.15, 0.2) is 48.5 Å². The Hall–Kier alpha value is -4.45. The van der Waals surface area contributed by atoms with Gasteiger partial charge in [-0.1, -0.05) is 62.4 Å². The molecule has 12 nitrogen and oxygen atoms in total. The quantitative estimate of drug-likeness (QED) is 0.246. The monoisotopic (exact) mass is 624 g/mol. The molecule has 0 aliphatic heterocycles. The molecule has 12 heteroatoms. The molecule has 2 aromatic carbocycles. The van der Waals surface area contributed by atoms with E-state index in [9.17, 15) is 24.0 Å². The van der Waals surface area contributed by atoms with Gasteiger partial charge in [0.2, 0.25) is 11.8 Å². The van der Waals surface area contributed by atoms with Gasteiger partial charge in [0.1, 0.15) is 24.7 Å². The molecule has 2 aromatic rings. The molecule has 1 aliphatic rings. The first kappa shape index (κ1) is 35.0. The number of ether oxygens (including phenoxy) is 3. The molecule has 3 rings (SSSR count). The van der Waals surface area contributed by atoms with E-state index < -0.39 is 66.2 Å². The summed E-state index contributed by atoms with van der Waals surface area (Å²) in [5.74, 6) is -3.59. The number of hydrogen-bond donors (Lipinski definition) is 4. The first-order valence-electron chi connectivity index (χ1n) is 14.9. The maximum atomic E-state index is 13.0. The number of fused-ring (bicyclic) bond motifs is 3. The summed E-state index contributed by atoms with van der Waals surface area (Å²) in [6, 6.07) is 12.6. The second kappa shape index (κ2) is 15.0. The fourth-order valence-electron chi connectivity index (χ4n) is 5.19. The molecule has 5 N–H and O–H groups in total. The van der Waals surface area contributed by atoms with Crippen molar-refractivity contribution < 1.29 is 38.2 Å². The lowest BCUT2D eigenvalue weighted by molar-refractivity contribution is -0.152. The summed E-state index contributed by atoms with van der Waals surface area (Å²) in [6.45, 7) is 11.2. The molecule has 0 unspecified atom stereocenters. The predicted molar refractivity (Wildman–Crippen MR) is 167 cm³/mol. The second-order valence-corrected chi connectivity index (χ2v) is 12.4. The van der Waals surface area contributed by atoms with E-state index in [0.717, 1.165) is 22.3 Å². The highest BCUT2D eigenvalue weighted by molar-refractivity contribution is 5.91. The summed E-state index contributed by atoms with van der Waals surface area (Å²) in [7, 11) is 0. The number of esters is 1. The van der Waals surface area contributed by atoms with Crippen LogP contribution in [0.1, 0.15) is 65.5 Å². The van der Waals surface area contributed by atoms with E-state index in [2.05, 4.69) is 16.0 Å². The number of rotatable bonds is 13. The van der Waals surface area contributed by atoms with E-state index in [1.54, 1.807) is 41.5 Å². The lowest BCUT2D eigenvalue weighted by atomic mass is 9.98. The molecule has 244 valence electrons. The number of hydrogen-bond acceptors (Lipinski definition) is 8.